The van der Waals surface area contributed by atoms with Gasteiger partial charge in [0.05, 0.1) is 7.11 Å². The maximum Gasteiger partial charge on any atom is 0.234 e. The zero-order valence-electron chi connectivity index (χ0n) is 16.0. The lowest BCUT2D eigenvalue weighted by atomic mass is 10.1. The van der Waals surface area contributed by atoms with Crippen LogP contribution in [0.25, 0.3) is 0 Å². The van der Waals surface area contributed by atoms with Crippen molar-refractivity contribution < 1.29 is 4.74 Å². The van der Waals surface area contributed by atoms with Crippen LogP contribution in [-0.2, 0) is 6.54 Å². The van der Waals surface area contributed by atoms with E-state index in [1.165, 1.54) is 36.8 Å². The van der Waals surface area contributed by atoms with Crippen molar-refractivity contribution in [2.24, 2.45) is 0 Å². The molecule has 1 aliphatic rings. The Labute approximate surface area is 166 Å². The van der Waals surface area contributed by atoms with E-state index in [1.807, 2.05) is 6.07 Å². The molecule has 0 radical (unpaired) electrons. The molecule has 1 saturated heterocycles. The molecule has 0 bridgehead atoms. The predicted octanol–water partition coefficient (Wildman–Crippen LogP) is 3.66. The van der Waals surface area contributed by atoms with E-state index in [0.29, 0.717) is 23.5 Å². The highest BCUT2D eigenvalue weighted by molar-refractivity contribution is 7.80. The van der Waals surface area contributed by atoms with Gasteiger partial charge in [-0.1, -0.05) is 42.7 Å². The number of benzene rings is 1. The zero-order valence-corrected chi connectivity index (χ0v) is 16.8. The molecular formula is C20H27N5OS. The van der Waals surface area contributed by atoms with Crippen LogP contribution in [0.5, 0.6) is 5.88 Å². The third kappa shape index (κ3) is 5.79. The van der Waals surface area contributed by atoms with Crippen molar-refractivity contribution in [1.82, 2.24) is 15.3 Å². The summed E-state index contributed by atoms with van der Waals surface area (Å²) in [6.45, 7) is 4.74. The van der Waals surface area contributed by atoms with Crippen LogP contribution in [0.1, 0.15) is 36.8 Å². The molecule has 3 rings (SSSR count). The molecule has 144 valence electrons. The maximum absolute atomic E-state index is 5.41. The minimum Gasteiger partial charge on any atom is -0.481 e. The fourth-order valence-corrected chi connectivity index (χ4v) is 3.23. The Hall–Kier alpha value is -2.41. The summed E-state index contributed by atoms with van der Waals surface area (Å²) in [6.07, 6.45) is 4.92. The fourth-order valence-electron chi connectivity index (χ4n) is 3.07. The molecule has 1 fully saturated rings. The van der Waals surface area contributed by atoms with Gasteiger partial charge in [0.1, 0.15) is 5.82 Å². The largest absolute Gasteiger partial charge is 0.481 e. The fraction of sp³-hybridized carbons (Fsp3) is 0.450. The first-order valence-electron chi connectivity index (χ1n) is 9.42. The summed E-state index contributed by atoms with van der Waals surface area (Å²) in [5, 5.41) is 6.78. The molecule has 27 heavy (non-hydrogen) atoms. The third-order valence-corrected chi connectivity index (χ3v) is 4.87. The Morgan fingerprint density at radius 2 is 1.81 bits per heavy atom. The highest BCUT2D eigenvalue weighted by Gasteiger charge is 2.14. The van der Waals surface area contributed by atoms with Crippen molar-refractivity contribution in [3.05, 3.63) is 41.5 Å². The van der Waals surface area contributed by atoms with Gasteiger partial charge in [0.25, 0.3) is 0 Å². The van der Waals surface area contributed by atoms with Gasteiger partial charge in [-0.3, -0.25) is 0 Å². The number of rotatable bonds is 5. The van der Waals surface area contributed by atoms with Crippen LogP contribution in [0.15, 0.2) is 30.3 Å². The number of thiocarbonyl (C=S) groups is 1. The number of hydrogen-bond donors (Lipinski definition) is 2. The van der Waals surface area contributed by atoms with E-state index in [4.69, 9.17) is 17.0 Å². The second kappa shape index (κ2) is 9.50. The van der Waals surface area contributed by atoms with Crippen LogP contribution in [0, 0.1) is 6.92 Å². The third-order valence-electron chi connectivity index (χ3n) is 4.63. The van der Waals surface area contributed by atoms with E-state index in [-0.39, 0.29) is 0 Å². The number of aryl methyl sites for hydroxylation is 1. The summed E-state index contributed by atoms with van der Waals surface area (Å²) in [7, 11) is 1.62. The number of aromatic nitrogens is 2. The van der Waals surface area contributed by atoms with Gasteiger partial charge < -0.3 is 20.3 Å². The first-order valence-corrected chi connectivity index (χ1v) is 9.83. The van der Waals surface area contributed by atoms with Crippen molar-refractivity contribution in [3.8, 4) is 5.88 Å². The summed E-state index contributed by atoms with van der Waals surface area (Å²) in [4.78, 5) is 11.3. The van der Waals surface area contributed by atoms with E-state index >= 15 is 0 Å². The molecule has 0 aliphatic carbocycles. The second-order valence-electron chi connectivity index (χ2n) is 6.79. The van der Waals surface area contributed by atoms with E-state index in [1.54, 1.807) is 7.11 Å². The minimum absolute atomic E-state index is 0.454. The van der Waals surface area contributed by atoms with Crippen LogP contribution in [0.4, 0.5) is 11.8 Å². The molecule has 0 amide bonds. The summed E-state index contributed by atoms with van der Waals surface area (Å²) in [5.74, 6) is 1.87. The summed E-state index contributed by atoms with van der Waals surface area (Å²) in [6, 6.07) is 10.2. The van der Waals surface area contributed by atoms with Crippen LogP contribution in [0.3, 0.4) is 0 Å². The van der Waals surface area contributed by atoms with Crippen molar-refractivity contribution in [1.29, 1.82) is 0 Å². The SMILES string of the molecule is COc1cc(N2CCCCCC2)nc(NC(=S)NCc2ccc(C)cc2)n1. The molecule has 0 saturated carbocycles. The van der Waals surface area contributed by atoms with E-state index in [2.05, 4.69) is 56.7 Å². The van der Waals surface area contributed by atoms with Crippen molar-refractivity contribution in [3.63, 3.8) is 0 Å². The second-order valence-corrected chi connectivity index (χ2v) is 7.19. The van der Waals surface area contributed by atoms with Gasteiger partial charge >= 0.3 is 0 Å². The van der Waals surface area contributed by atoms with Crippen LogP contribution < -0.4 is 20.3 Å². The molecule has 1 aromatic carbocycles. The average Bonchev–Trinajstić information content (AvgIpc) is 2.97. The van der Waals surface area contributed by atoms with Gasteiger partial charge in [-0.25, -0.2) is 0 Å². The number of methoxy groups -OCH3 is 1. The topological polar surface area (TPSA) is 62.3 Å². The monoisotopic (exact) mass is 385 g/mol. The van der Waals surface area contributed by atoms with Gasteiger partial charge in [-0.15, -0.1) is 0 Å². The molecule has 2 heterocycles. The molecular weight excluding hydrogens is 358 g/mol. The molecule has 1 aromatic heterocycles. The quantitative estimate of drug-likeness (QED) is 0.762. The van der Waals surface area contributed by atoms with Gasteiger partial charge in [0.15, 0.2) is 5.11 Å². The lowest BCUT2D eigenvalue weighted by molar-refractivity contribution is 0.397. The Morgan fingerprint density at radius 3 is 2.48 bits per heavy atom. The van der Waals surface area contributed by atoms with Crippen LogP contribution >= 0.6 is 12.2 Å². The number of ether oxygens (including phenoxy) is 1. The smallest absolute Gasteiger partial charge is 0.234 e. The molecule has 2 aromatic rings. The maximum atomic E-state index is 5.41. The van der Waals surface area contributed by atoms with Crippen LogP contribution in [0.2, 0.25) is 0 Å². The van der Waals surface area contributed by atoms with Gasteiger partial charge in [-0.05, 0) is 37.5 Å². The normalized spacial score (nSPS) is 14.4. The number of anilines is 2. The standard InChI is InChI=1S/C20H27N5OS/c1-15-7-9-16(10-8-15)14-21-20(27)24-19-22-17(13-18(23-19)26-2)25-11-5-3-4-6-12-25/h7-10,13H,3-6,11-12,14H2,1-2H3,(H2,21,22,23,24,27). The summed E-state index contributed by atoms with van der Waals surface area (Å²) in [5.41, 5.74) is 2.41. The van der Waals surface area contributed by atoms with Gasteiger partial charge in [-0.2, -0.15) is 9.97 Å². The van der Waals surface area contributed by atoms with Gasteiger partial charge in [0, 0.05) is 25.7 Å². The van der Waals surface area contributed by atoms with Crippen molar-refractivity contribution in [2.75, 3.05) is 30.4 Å². The Kier molecular flexibility index (Phi) is 6.81. The molecule has 6 nitrogen and oxygen atoms in total. The Morgan fingerprint density at radius 1 is 1.11 bits per heavy atom. The van der Waals surface area contributed by atoms with Crippen molar-refractivity contribution >= 4 is 29.1 Å². The molecule has 7 heteroatoms. The molecule has 2 N–H and O–H groups in total. The molecule has 0 spiro atoms. The average molecular weight is 386 g/mol. The minimum atomic E-state index is 0.454. The number of nitrogens with one attached hydrogen (secondary N) is 2. The lowest BCUT2D eigenvalue weighted by Crippen LogP contribution is -2.30. The number of nitrogens with zero attached hydrogens (tertiary/aromatic N) is 3. The lowest BCUT2D eigenvalue weighted by Gasteiger charge is -2.22. The Bertz CT molecular complexity index is 757. The summed E-state index contributed by atoms with van der Waals surface area (Å²) >= 11 is 5.41. The molecule has 0 unspecified atom stereocenters. The highest BCUT2D eigenvalue weighted by Crippen LogP contribution is 2.22. The summed E-state index contributed by atoms with van der Waals surface area (Å²) < 4.78 is 5.36. The first kappa shape index (κ1) is 19.4. The van der Waals surface area contributed by atoms with Gasteiger partial charge in [0.2, 0.25) is 11.8 Å². The zero-order chi connectivity index (χ0) is 19.1. The number of hydrogen-bond acceptors (Lipinski definition) is 5. The molecule has 1 aliphatic heterocycles. The van der Waals surface area contributed by atoms with Crippen LogP contribution in [-0.4, -0.2) is 35.3 Å². The Balaban J connectivity index is 1.64. The molecule has 0 atom stereocenters. The first-order chi connectivity index (χ1) is 13.1. The predicted molar refractivity (Wildman–Crippen MR) is 114 cm³/mol. The van der Waals surface area contributed by atoms with E-state index < -0.39 is 0 Å². The highest BCUT2D eigenvalue weighted by atomic mass is 32.1. The van der Waals surface area contributed by atoms with E-state index in [9.17, 15) is 0 Å². The van der Waals surface area contributed by atoms with E-state index in [0.717, 1.165) is 18.9 Å². The van der Waals surface area contributed by atoms with Crippen molar-refractivity contribution in [2.45, 2.75) is 39.2 Å².